The molecule has 2 aromatic rings. The number of benzene rings is 1. The van der Waals surface area contributed by atoms with E-state index in [0.29, 0.717) is 12.2 Å². The van der Waals surface area contributed by atoms with Crippen molar-refractivity contribution in [3.63, 3.8) is 0 Å². The van der Waals surface area contributed by atoms with Gasteiger partial charge in [0.25, 0.3) is 0 Å². The van der Waals surface area contributed by atoms with E-state index in [9.17, 15) is 5.11 Å². The third-order valence-corrected chi connectivity index (χ3v) is 3.00. The predicted octanol–water partition coefficient (Wildman–Crippen LogP) is 1.95. The van der Waals surface area contributed by atoms with Crippen molar-refractivity contribution >= 4 is 5.82 Å². The molecule has 1 heterocycles. The fourth-order valence-electron chi connectivity index (χ4n) is 1.84. The number of aromatic nitrogens is 1. The summed E-state index contributed by atoms with van der Waals surface area (Å²) >= 11 is 0. The summed E-state index contributed by atoms with van der Waals surface area (Å²) in [6.07, 6.45) is 1.59. The molecule has 19 heavy (non-hydrogen) atoms. The van der Waals surface area contributed by atoms with Crippen LogP contribution < -0.4 is 10.5 Å². The topological polar surface area (TPSA) is 68.4 Å². The lowest BCUT2D eigenvalue weighted by atomic mass is 10.0. The minimum absolute atomic E-state index is 0.256. The van der Waals surface area contributed by atoms with Crippen LogP contribution in [-0.4, -0.2) is 22.8 Å². The number of aliphatic hydroxyl groups excluding tert-OH is 1. The third-order valence-electron chi connectivity index (χ3n) is 3.00. The minimum atomic E-state index is -0.569. The number of pyridine rings is 1. The second-order valence-electron chi connectivity index (χ2n) is 4.46. The fraction of sp³-hybridized carbons (Fsp3) is 0.267. The molecule has 1 atom stereocenters. The van der Waals surface area contributed by atoms with E-state index >= 15 is 0 Å². The lowest BCUT2D eigenvalue weighted by molar-refractivity contribution is 0.107. The van der Waals surface area contributed by atoms with Crippen molar-refractivity contribution in [2.24, 2.45) is 0 Å². The van der Waals surface area contributed by atoms with Gasteiger partial charge in [0.2, 0.25) is 0 Å². The van der Waals surface area contributed by atoms with Crippen molar-refractivity contribution < 1.29 is 9.84 Å². The average Bonchev–Trinajstić information content (AvgIpc) is 2.43. The molecule has 1 unspecified atom stereocenters. The van der Waals surface area contributed by atoms with Crippen molar-refractivity contribution in [1.82, 2.24) is 4.98 Å². The molecule has 0 aliphatic heterocycles. The van der Waals surface area contributed by atoms with E-state index in [0.717, 1.165) is 16.9 Å². The van der Waals surface area contributed by atoms with Gasteiger partial charge >= 0.3 is 0 Å². The number of rotatable bonds is 5. The molecule has 0 saturated carbocycles. The molecular formula is C15H18N2O2. The number of nitrogen functional groups attached to an aromatic ring is 1. The summed E-state index contributed by atoms with van der Waals surface area (Å²) in [5.41, 5.74) is 7.65. The van der Waals surface area contributed by atoms with Crippen LogP contribution >= 0.6 is 0 Å². The Morgan fingerprint density at radius 1 is 1.26 bits per heavy atom. The van der Waals surface area contributed by atoms with E-state index in [2.05, 4.69) is 4.98 Å². The Bertz CT molecular complexity index is 529. The van der Waals surface area contributed by atoms with Crippen LogP contribution in [0.5, 0.6) is 5.75 Å². The number of nitrogens with zero attached hydrogens (tertiary/aromatic N) is 1. The highest BCUT2D eigenvalue weighted by Gasteiger charge is 2.10. The largest absolute Gasteiger partial charge is 0.491 e. The molecule has 0 spiro atoms. The van der Waals surface area contributed by atoms with E-state index in [1.165, 1.54) is 0 Å². The molecule has 100 valence electrons. The molecule has 0 aliphatic carbocycles. The van der Waals surface area contributed by atoms with Gasteiger partial charge in [0, 0.05) is 12.6 Å². The summed E-state index contributed by atoms with van der Waals surface area (Å²) in [5, 5.41) is 9.99. The Morgan fingerprint density at radius 3 is 2.74 bits per heavy atom. The van der Waals surface area contributed by atoms with Crippen LogP contribution in [0.3, 0.4) is 0 Å². The van der Waals surface area contributed by atoms with Gasteiger partial charge in [0.15, 0.2) is 0 Å². The maximum Gasteiger partial charge on any atom is 0.126 e. The molecule has 1 aromatic carbocycles. The monoisotopic (exact) mass is 258 g/mol. The van der Waals surface area contributed by atoms with Gasteiger partial charge in [0.1, 0.15) is 18.2 Å². The second-order valence-corrected chi connectivity index (χ2v) is 4.46. The Labute approximate surface area is 112 Å². The number of aliphatic hydroxyl groups is 1. The minimum Gasteiger partial charge on any atom is -0.491 e. The smallest absolute Gasteiger partial charge is 0.126 e. The van der Waals surface area contributed by atoms with Gasteiger partial charge in [0.05, 0.1) is 6.10 Å². The summed E-state index contributed by atoms with van der Waals surface area (Å²) < 4.78 is 5.51. The van der Waals surface area contributed by atoms with E-state index in [1.54, 1.807) is 6.20 Å². The summed E-state index contributed by atoms with van der Waals surface area (Å²) in [7, 11) is 0. The molecule has 4 heteroatoms. The number of hydrogen-bond acceptors (Lipinski definition) is 4. The van der Waals surface area contributed by atoms with E-state index in [1.807, 2.05) is 43.3 Å². The number of anilines is 1. The van der Waals surface area contributed by atoms with Crippen LogP contribution in [0.25, 0.3) is 0 Å². The Hall–Kier alpha value is -2.07. The average molecular weight is 258 g/mol. The van der Waals surface area contributed by atoms with Gasteiger partial charge in [-0.15, -0.1) is 0 Å². The van der Waals surface area contributed by atoms with Gasteiger partial charge in [-0.05, 0) is 36.2 Å². The van der Waals surface area contributed by atoms with Crippen LogP contribution in [0.4, 0.5) is 5.82 Å². The molecule has 2 rings (SSSR count). The molecule has 4 nitrogen and oxygen atoms in total. The number of ether oxygens (including phenoxy) is 1. The maximum atomic E-state index is 9.99. The lowest BCUT2D eigenvalue weighted by Crippen LogP contribution is -2.21. The maximum absolute atomic E-state index is 9.99. The fourth-order valence-corrected chi connectivity index (χ4v) is 1.84. The predicted molar refractivity (Wildman–Crippen MR) is 75.0 cm³/mol. The molecule has 0 bridgehead atoms. The SMILES string of the molecule is Cc1c(CC(O)COc2ccccc2)ccnc1N. The molecule has 3 N–H and O–H groups in total. The van der Waals surface area contributed by atoms with Crippen LogP contribution in [-0.2, 0) is 6.42 Å². The van der Waals surface area contributed by atoms with Gasteiger partial charge < -0.3 is 15.6 Å². The van der Waals surface area contributed by atoms with Crippen LogP contribution in [0.2, 0.25) is 0 Å². The summed E-state index contributed by atoms with van der Waals surface area (Å²) in [5.74, 6) is 1.26. The highest BCUT2D eigenvalue weighted by atomic mass is 16.5. The standard InChI is InChI=1S/C15H18N2O2/c1-11-12(7-8-17-15(11)16)9-13(18)10-19-14-5-3-2-4-6-14/h2-8,13,18H,9-10H2,1H3,(H2,16,17). The molecule has 0 amide bonds. The number of nitrogens with two attached hydrogens (primary N) is 1. The van der Waals surface area contributed by atoms with Crippen molar-refractivity contribution in [2.45, 2.75) is 19.4 Å². The summed E-state index contributed by atoms with van der Waals surface area (Å²) in [6, 6.07) is 11.3. The highest BCUT2D eigenvalue weighted by Crippen LogP contribution is 2.15. The van der Waals surface area contributed by atoms with Crippen molar-refractivity contribution in [3.05, 3.63) is 53.7 Å². The highest BCUT2D eigenvalue weighted by molar-refractivity contribution is 5.43. The van der Waals surface area contributed by atoms with Crippen molar-refractivity contribution in [3.8, 4) is 5.75 Å². The van der Waals surface area contributed by atoms with E-state index in [4.69, 9.17) is 10.5 Å². The van der Waals surface area contributed by atoms with Crippen molar-refractivity contribution in [1.29, 1.82) is 0 Å². The zero-order valence-corrected chi connectivity index (χ0v) is 10.9. The first-order valence-electron chi connectivity index (χ1n) is 6.22. The van der Waals surface area contributed by atoms with Crippen LogP contribution in [0.15, 0.2) is 42.6 Å². The van der Waals surface area contributed by atoms with Crippen LogP contribution in [0, 0.1) is 6.92 Å². The number of hydrogen-bond donors (Lipinski definition) is 2. The first kappa shape index (κ1) is 13.4. The van der Waals surface area contributed by atoms with E-state index < -0.39 is 6.10 Å². The summed E-state index contributed by atoms with van der Waals surface area (Å²) in [6.45, 7) is 2.16. The van der Waals surface area contributed by atoms with Crippen LogP contribution in [0.1, 0.15) is 11.1 Å². The second kappa shape index (κ2) is 6.20. The molecule has 0 aliphatic rings. The van der Waals surface area contributed by atoms with Gasteiger partial charge in [-0.25, -0.2) is 4.98 Å². The molecule has 0 saturated heterocycles. The zero-order chi connectivity index (χ0) is 13.7. The lowest BCUT2D eigenvalue weighted by Gasteiger charge is -2.14. The van der Waals surface area contributed by atoms with Gasteiger partial charge in [-0.1, -0.05) is 18.2 Å². The Morgan fingerprint density at radius 2 is 2.00 bits per heavy atom. The first-order valence-corrected chi connectivity index (χ1v) is 6.22. The molecule has 0 fully saturated rings. The van der Waals surface area contributed by atoms with Gasteiger partial charge in [-0.3, -0.25) is 0 Å². The van der Waals surface area contributed by atoms with E-state index in [-0.39, 0.29) is 6.61 Å². The normalized spacial score (nSPS) is 12.1. The first-order chi connectivity index (χ1) is 9.16. The third kappa shape index (κ3) is 3.69. The molecule has 1 aromatic heterocycles. The summed E-state index contributed by atoms with van der Waals surface area (Å²) in [4.78, 5) is 4.01. The Balaban J connectivity index is 1.91. The molecular weight excluding hydrogens is 240 g/mol. The van der Waals surface area contributed by atoms with Gasteiger partial charge in [-0.2, -0.15) is 0 Å². The molecule has 0 radical (unpaired) electrons. The zero-order valence-electron chi connectivity index (χ0n) is 10.9. The Kier molecular flexibility index (Phi) is 4.36. The quantitative estimate of drug-likeness (QED) is 0.860. The number of para-hydroxylation sites is 1. The van der Waals surface area contributed by atoms with Crippen molar-refractivity contribution in [2.75, 3.05) is 12.3 Å².